The molecule has 5 nitrogen and oxygen atoms in total. The summed E-state index contributed by atoms with van der Waals surface area (Å²) in [5.74, 6) is 0.669. The molecule has 4 rings (SSSR count). The van der Waals surface area contributed by atoms with Crippen LogP contribution in [0.4, 0.5) is 0 Å². The number of rotatable bonds is 5. The number of nitrogens with zero attached hydrogens (tertiary/aromatic N) is 3. The van der Waals surface area contributed by atoms with Crippen molar-refractivity contribution in [2.45, 2.75) is 45.1 Å². The van der Waals surface area contributed by atoms with E-state index in [1.54, 1.807) is 36.7 Å². The highest BCUT2D eigenvalue weighted by molar-refractivity contribution is 5.94. The van der Waals surface area contributed by atoms with Crippen LogP contribution in [0, 0.1) is 6.92 Å². The van der Waals surface area contributed by atoms with Gasteiger partial charge < -0.3 is 9.64 Å². The summed E-state index contributed by atoms with van der Waals surface area (Å²) in [5.41, 5.74) is 3.89. The number of hydrogen-bond acceptors (Lipinski definition) is 4. The van der Waals surface area contributed by atoms with Crippen LogP contribution >= 0.6 is 0 Å². The van der Waals surface area contributed by atoms with E-state index in [0.717, 1.165) is 24.0 Å². The van der Waals surface area contributed by atoms with Crippen LogP contribution in [0.25, 0.3) is 11.1 Å². The third-order valence-electron chi connectivity index (χ3n) is 5.77. The van der Waals surface area contributed by atoms with Crippen molar-refractivity contribution in [3.63, 3.8) is 0 Å². The largest absolute Gasteiger partial charge is 0.424 e. The molecular formula is C25H27N3O2. The fraction of sp³-hybridized carbons (Fsp3) is 0.320. The van der Waals surface area contributed by atoms with Gasteiger partial charge in [-0.15, -0.1) is 0 Å². The lowest BCUT2D eigenvalue weighted by Crippen LogP contribution is -2.38. The molecule has 1 aliphatic rings. The molecule has 154 valence electrons. The molecule has 30 heavy (non-hydrogen) atoms. The van der Waals surface area contributed by atoms with Gasteiger partial charge in [-0.05, 0) is 49.6 Å². The van der Waals surface area contributed by atoms with Gasteiger partial charge in [0.05, 0.1) is 0 Å². The summed E-state index contributed by atoms with van der Waals surface area (Å²) in [5, 5.41) is 0. The van der Waals surface area contributed by atoms with E-state index in [2.05, 4.69) is 41.2 Å². The number of carbonyl (C=O) groups excluding carboxylic acids is 1. The summed E-state index contributed by atoms with van der Waals surface area (Å²) in [7, 11) is 1.91. The second kappa shape index (κ2) is 9.08. The van der Waals surface area contributed by atoms with Gasteiger partial charge in [-0.3, -0.25) is 4.79 Å². The molecule has 0 spiro atoms. The van der Waals surface area contributed by atoms with Crippen LogP contribution in [0.2, 0.25) is 0 Å². The minimum Gasteiger partial charge on any atom is -0.424 e. The molecule has 1 fully saturated rings. The third-order valence-corrected chi connectivity index (χ3v) is 5.77. The molecule has 3 aromatic rings. The molecule has 1 heterocycles. The molecule has 0 bridgehead atoms. The minimum absolute atomic E-state index is 0.0622. The first kappa shape index (κ1) is 20.1. The van der Waals surface area contributed by atoms with Crippen LogP contribution in [-0.4, -0.2) is 33.9 Å². The van der Waals surface area contributed by atoms with Crippen molar-refractivity contribution in [3.8, 4) is 22.9 Å². The summed E-state index contributed by atoms with van der Waals surface area (Å²) in [6.07, 6.45) is 9.39. The van der Waals surface area contributed by atoms with E-state index < -0.39 is 0 Å². The molecule has 0 N–H and O–H groups in total. The quantitative estimate of drug-likeness (QED) is 0.554. The highest BCUT2D eigenvalue weighted by Gasteiger charge is 2.22. The van der Waals surface area contributed by atoms with Crippen molar-refractivity contribution in [2.75, 3.05) is 7.05 Å². The zero-order chi connectivity index (χ0) is 20.9. The first-order chi connectivity index (χ1) is 14.6. The van der Waals surface area contributed by atoms with Crippen LogP contribution in [0.15, 0.2) is 60.9 Å². The van der Waals surface area contributed by atoms with Crippen molar-refractivity contribution in [1.29, 1.82) is 0 Å². The van der Waals surface area contributed by atoms with E-state index in [-0.39, 0.29) is 11.9 Å². The molecule has 1 amide bonds. The Morgan fingerprint density at radius 3 is 2.17 bits per heavy atom. The maximum absolute atomic E-state index is 12.8. The number of aryl methyl sites for hydroxylation is 1. The van der Waals surface area contributed by atoms with Crippen molar-refractivity contribution in [1.82, 2.24) is 14.9 Å². The van der Waals surface area contributed by atoms with Crippen molar-refractivity contribution >= 4 is 5.91 Å². The van der Waals surface area contributed by atoms with Gasteiger partial charge in [0.25, 0.3) is 5.91 Å². The first-order valence-corrected chi connectivity index (χ1v) is 10.5. The van der Waals surface area contributed by atoms with Crippen molar-refractivity contribution in [3.05, 3.63) is 72.1 Å². The fourth-order valence-corrected chi connectivity index (χ4v) is 3.87. The van der Waals surface area contributed by atoms with E-state index in [9.17, 15) is 4.79 Å². The Morgan fingerprint density at radius 2 is 1.53 bits per heavy atom. The summed E-state index contributed by atoms with van der Waals surface area (Å²) in [6.45, 7) is 2.06. The smallest absolute Gasteiger partial charge is 0.321 e. The summed E-state index contributed by atoms with van der Waals surface area (Å²) in [4.78, 5) is 23.3. The van der Waals surface area contributed by atoms with Gasteiger partial charge in [0.1, 0.15) is 5.75 Å². The average molecular weight is 402 g/mol. The number of hydrogen-bond donors (Lipinski definition) is 0. The topological polar surface area (TPSA) is 55.3 Å². The Morgan fingerprint density at radius 1 is 0.900 bits per heavy atom. The molecule has 0 radical (unpaired) electrons. The van der Waals surface area contributed by atoms with Gasteiger partial charge in [-0.25, -0.2) is 9.97 Å². The van der Waals surface area contributed by atoms with Crippen LogP contribution < -0.4 is 4.74 Å². The molecule has 0 aliphatic heterocycles. The van der Waals surface area contributed by atoms with Gasteiger partial charge in [0.2, 0.25) is 0 Å². The van der Waals surface area contributed by atoms with Crippen LogP contribution in [0.1, 0.15) is 48.0 Å². The third kappa shape index (κ3) is 4.67. The molecule has 2 aromatic carbocycles. The van der Waals surface area contributed by atoms with Gasteiger partial charge in [-0.1, -0.05) is 49.1 Å². The molecule has 1 saturated carbocycles. The number of ether oxygens (including phenoxy) is 1. The normalized spacial score (nSPS) is 14.3. The zero-order valence-electron chi connectivity index (χ0n) is 17.5. The molecule has 1 aliphatic carbocycles. The highest BCUT2D eigenvalue weighted by atomic mass is 16.5. The molecule has 1 aromatic heterocycles. The van der Waals surface area contributed by atoms with E-state index >= 15 is 0 Å². The molecule has 0 saturated heterocycles. The maximum Gasteiger partial charge on any atom is 0.321 e. The van der Waals surface area contributed by atoms with E-state index in [4.69, 9.17) is 4.74 Å². The molecule has 5 heteroatoms. The minimum atomic E-state index is 0.0622. The Hall–Kier alpha value is -3.21. The Labute approximate surface area is 177 Å². The summed E-state index contributed by atoms with van der Waals surface area (Å²) in [6, 6.07) is 16.0. The number of aromatic nitrogens is 2. The predicted octanol–water partition coefficient (Wildman–Crippen LogP) is 5.65. The second-order valence-corrected chi connectivity index (χ2v) is 7.95. The molecule has 0 unspecified atom stereocenters. The van der Waals surface area contributed by atoms with Gasteiger partial charge in [0.15, 0.2) is 0 Å². The Balaban J connectivity index is 1.39. The maximum atomic E-state index is 12.8. The van der Waals surface area contributed by atoms with Gasteiger partial charge >= 0.3 is 6.01 Å². The lowest BCUT2D eigenvalue weighted by molar-refractivity contribution is 0.0696. The number of carbonyl (C=O) groups is 1. The van der Waals surface area contributed by atoms with Crippen molar-refractivity contribution in [2.24, 2.45) is 0 Å². The fourth-order valence-electron chi connectivity index (χ4n) is 3.87. The van der Waals surface area contributed by atoms with E-state index in [0.29, 0.717) is 17.4 Å². The molecular weight excluding hydrogens is 374 g/mol. The van der Waals surface area contributed by atoms with Crippen LogP contribution in [-0.2, 0) is 0 Å². The Kier molecular flexibility index (Phi) is 6.07. The van der Waals surface area contributed by atoms with E-state index in [1.165, 1.54) is 24.8 Å². The van der Waals surface area contributed by atoms with Crippen LogP contribution in [0.5, 0.6) is 11.8 Å². The van der Waals surface area contributed by atoms with Gasteiger partial charge in [0, 0.05) is 36.6 Å². The monoisotopic (exact) mass is 401 g/mol. The summed E-state index contributed by atoms with van der Waals surface area (Å²) >= 11 is 0. The van der Waals surface area contributed by atoms with Gasteiger partial charge in [-0.2, -0.15) is 0 Å². The lowest BCUT2D eigenvalue weighted by atomic mass is 9.94. The average Bonchev–Trinajstić information content (AvgIpc) is 2.80. The highest BCUT2D eigenvalue weighted by Crippen LogP contribution is 2.25. The SMILES string of the molecule is Cc1ccc(-c2cnc(Oc3ccc(C(=O)N(C)C4CCCCC4)cc3)nc2)cc1. The second-order valence-electron chi connectivity index (χ2n) is 7.95. The first-order valence-electron chi connectivity index (χ1n) is 10.5. The standard InChI is InChI=1S/C25H27N3O2/c1-18-8-10-19(11-9-18)21-16-26-25(27-17-21)30-23-14-12-20(13-15-23)24(29)28(2)22-6-4-3-5-7-22/h8-17,22H,3-7H2,1-2H3. The van der Waals surface area contributed by atoms with Crippen molar-refractivity contribution < 1.29 is 9.53 Å². The lowest BCUT2D eigenvalue weighted by Gasteiger charge is -2.31. The molecule has 0 atom stereocenters. The number of benzene rings is 2. The predicted molar refractivity (Wildman–Crippen MR) is 118 cm³/mol. The Bertz CT molecular complexity index is 976. The number of amides is 1. The van der Waals surface area contributed by atoms with Crippen LogP contribution in [0.3, 0.4) is 0 Å². The van der Waals surface area contributed by atoms with E-state index in [1.807, 2.05) is 11.9 Å². The summed E-state index contributed by atoms with van der Waals surface area (Å²) < 4.78 is 5.75. The zero-order valence-corrected chi connectivity index (χ0v) is 17.5.